The van der Waals surface area contributed by atoms with Crippen molar-refractivity contribution in [3.05, 3.63) is 59.5 Å². The van der Waals surface area contributed by atoms with Crippen molar-refractivity contribution in [3.63, 3.8) is 0 Å². The molecule has 6 nitrogen and oxygen atoms in total. The molecule has 0 aliphatic carbocycles. The number of amides is 1. The first-order valence-corrected chi connectivity index (χ1v) is 8.39. The van der Waals surface area contributed by atoms with Gasteiger partial charge < -0.3 is 10.1 Å². The van der Waals surface area contributed by atoms with Gasteiger partial charge in [0.05, 0.1) is 13.0 Å². The number of aryl methyl sites for hydroxylation is 1. The van der Waals surface area contributed by atoms with Gasteiger partial charge in [0, 0.05) is 19.2 Å². The average molecular weight is 338 g/mol. The van der Waals surface area contributed by atoms with Crippen LogP contribution < -0.4 is 10.1 Å². The van der Waals surface area contributed by atoms with Crippen LogP contribution in [0, 0.1) is 13.8 Å². The Morgan fingerprint density at radius 3 is 2.92 bits per heavy atom. The maximum atomic E-state index is 11.9. The first kappa shape index (κ1) is 17.0. The lowest BCUT2D eigenvalue weighted by Crippen LogP contribution is -2.27. The van der Waals surface area contributed by atoms with Crippen LogP contribution in [0.15, 0.2) is 42.6 Å². The minimum absolute atomic E-state index is 0.0286. The molecule has 0 spiro atoms. The van der Waals surface area contributed by atoms with Crippen LogP contribution in [0.25, 0.3) is 5.65 Å². The normalized spacial score (nSPS) is 10.8. The second kappa shape index (κ2) is 7.79. The maximum Gasteiger partial charge on any atom is 0.223 e. The molecule has 1 aromatic carbocycles. The molecule has 1 N–H and O–H groups in total. The van der Waals surface area contributed by atoms with Crippen LogP contribution in [0.2, 0.25) is 0 Å². The van der Waals surface area contributed by atoms with Gasteiger partial charge in [-0.1, -0.05) is 18.2 Å². The summed E-state index contributed by atoms with van der Waals surface area (Å²) in [6.45, 7) is 4.96. The van der Waals surface area contributed by atoms with Gasteiger partial charge in [0.2, 0.25) is 5.91 Å². The number of nitrogens with zero attached hydrogens (tertiary/aromatic N) is 3. The predicted octanol–water partition coefficient (Wildman–Crippen LogP) is 2.47. The van der Waals surface area contributed by atoms with Crippen molar-refractivity contribution in [1.29, 1.82) is 0 Å². The number of carbonyl (C=O) groups is 1. The summed E-state index contributed by atoms with van der Waals surface area (Å²) in [4.78, 5) is 11.9. The number of benzene rings is 1. The Morgan fingerprint density at radius 2 is 2.04 bits per heavy atom. The lowest BCUT2D eigenvalue weighted by atomic mass is 10.1. The third-order valence-electron chi connectivity index (χ3n) is 4.20. The molecule has 2 aromatic heterocycles. The van der Waals surface area contributed by atoms with Gasteiger partial charge in [0.25, 0.3) is 0 Å². The van der Waals surface area contributed by atoms with Crippen molar-refractivity contribution >= 4 is 11.6 Å². The third-order valence-corrected chi connectivity index (χ3v) is 4.20. The van der Waals surface area contributed by atoms with Crippen LogP contribution in [-0.4, -0.2) is 33.7 Å². The monoisotopic (exact) mass is 338 g/mol. The third kappa shape index (κ3) is 4.15. The number of hydrogen-bond donors (Lipinski definition) is 1. The summed E-state index contributed by atoms with van der Waals surface area (Å²) in [7, 11) is 0. The fraction of sp³-hybridized carbons (Fsp3) is 0.316. The van der Waals surface area contributed by atoms with Crippen molar-refractivity contribution < 1.29 is 9.53 Å². The van der Waals surface area contributed by atoms with E-state index in [1.54, 1.807) is 0 Å². The van der Waals surface area contributed by atoms with Gasteiger partial charge in [-0.3, -0.25) is 9.20 Å². The summed E-state index contributed by atoms with van der Waals surface area (Å²) in [6.07, 6.45) is 2.88. The minimum atomic E-state index is -0.0286. The lowest BCUT2D eigenvalue weighted by Gasteiger charge is -2.10. The lowest BCUT2D eigenvalue weighted by molar-refractivity contribution is -0.121. The van der Waals surface area contributed by atoms with Crippen LogP contribution in [0.1, 0.15) is 23.4 Å². The van der Waals surface area contributed by atoms with Crippen LogP contribution in [-0.2, 0) is 11.2 Å². The molecule has 0 aliphatic heterocycles. The number of ether oxygens (including phenoxy) is 1. The van der Waals surface area contributed by atoms with E-state index in [4.69, 9.17) is 4.74 Å². The SMILES string of the molecule is Cc1cccc(OCCC(=O)NCCc2nnc3ccccn23)c1C. The number of fused-ring (bicyclic) bond motifs is 1. The van der Waals surface area contributed by atoms with E-state index in [-0.39, 0.29) is 5.91 Å². The van der Waals surface area contributed by atoms with Gasteiger partial charge in [-0.2, -0.15) is 0 Å². The topological polar surface area (TPSA) is 68.5 Å². The number of carbonyl (C=O) groups excluding carboxylic acids is 1. The Kier molecular flexibility index (Phi) is 5.28. The van der Waals surface area contributed by atoms with E-state index in [0.29, 0.717) is 26.0 Å². The molecular formula is C19H22N4O2. The molecule has 0 bridgehead atoms. The summed E-state index contributed by atoms with van der Waals surface area (Å²) in [6, 6.07) is 11.7. The van der Waals surface area contributed by atoms with E-state index < -0.39 is 0 Å². The summed E-state index contributed by atoms with van der Waals surface area (Å²) < 4.78 is 7.64. The van der Waals surface area contributed by atoms with Crippen LogP contribution >= 0.6 is 0 Å². The number of pyridine rings is 1. The Morgan fingerprint density at radius 1 is 1.16 bits per heavy atom. The van der Waals surface area contributed by atoms with Crippen molar-refractivity contribution in [2.45, 2.75) is 26.7 Å². The van der Waals surface area contributed by atoms with Gasteiger partial charge in [-0.05, 0) is 43.2 Å². The Balaban J connectivity index is 1.42. The fourth-order valence-corrected chi connectivity index (χ4v) is 2.60. The molecule has 0 unspecified atom stereocenters. The summed E-state index contributed by atoms with van der Waals surface area (Å²) in [5.41, 5.74) is 3.11. The molecule has 1 amide bonds. The summed E-state index contributed by atoms with van der Waals surface area (Å²) in [5, 5.41) is 11.1. The molecule has 0 fully saturated rings. The van der Waals surface area contributed by atoms with Gasteiger partial charge in [-0.25, -0.2) is 0 Å². The molecule has 3 aromatic rings. The van der Waals surface area contributed by atoms with Gasteiger partial charge in [0.15, 0.2) is 5.65 Å². The zero-order valence-electron chi connectivity index (χ0n) is 14.5. The van der Waals surface area contributed by atoms with E-state index in [2.05, 4.69) is 15.5 Å². The molecule has 0 radical (unpaired) electrons. The van der Waals surface area contributed by atoms with E-state index in [9.17, 15) is 4.79 Å². The standard InChI is InChI=1S/C19H22N4O2/c1-14-6-5-7-16(15(14)2)25-13-10-19(24)20-11-9-18-22-21-17-8-3-4-12-23(17)18/h3-8,12H,9-11,13H2,1-2H3,(H,20,24). The molecule has 6 heteroatoms. The molecule has 0 saturated heterocycles. The van der Waals surface area contributed by atoms with Gasteiger partial charge >= 0.3 is 0 Å². The average Bonchev–Trinajstić information content (AvgIpc) is 3.02. The molecule has 25 heavy (non-hydrogen) atoms. The molecule has 0 atom stereocenters. The van der Waals surface area contributed by atoms with E-state index in [1.807, 2.05) is 60.8 Å². The Hall–Kier alpha value is -2.89. The first-order chi connectivity index (χ1) is 12.1. The fourth-order valence-electron chi connectivity index (χ4n) is 2.60. The van der Waals surface area contributed by atoms with E-state index in [1.165, 1.54) is 5.56 Å². The highest BCUT2D eigenvalue weighted by Gasteiger charge is 2.07. The number of nitrogens with one attached hydrogen (secondary N) is 1. The Bertz CT molecular complexity index is 873. The van der Waals surface area contributed by atoms with Gasteiger partial charge in [-0.15, -0.1) is 10.2 Å². The molecule has 3 rings (SSSR count). The quantitative estimate of drug-likeness (QED) is 0.718. The summed E-state index contributed by atoms with van der Waals surface area (Å²) >= 11 is 0. The highest BCUT2D eigenvalue weighted by molar-refractivity contribution is 5.76. The Labute approximate surface area is 146 Å². The van der Waals surface area contributed by atoms with Crippen molar-refractivity contribution in [2.24, 2.45) is 0 Å². The zero-order valence-corrected chi connectivity index (χ0v) is 14.5. The van der Waals surface area contributed by atoms with Crippen molar-refractivity contribution in [3.8, 4) is 5.75 Å². The zero-order chi connectivity index (χ0) is 17.6. The highest BCUT2D eigenvalue weighted by atomic mass is 16.5. The minimum Gasteiger partial charge on any atom is -0.493 e. The van der Waals surface area contributed by atoms with Gasteiger partial charge in [0.1, 0.15) is 11.6 Å². The summed E-state index contributed by atoms with van der Waals surface area (Å²) in [5.74, 6) is 1.64. The van der Waals surface area contributed by atoms with Crippen molar-refractivity contribution in [2.75, 3.05) is 13.2 Å². The number of rotatable bonds is 7. The molecular weight excluding hydrogens is 316 g/mol. The number of hydrogen-bond acceptors (Lipinski definition) is 4. The van der Waals surface area contributed by atoms with E-state index >= 15 is 0 Å². The molecule has 0 saturated carbocycles. The second-order valence-corrected chi connectivity index (χ2v) is 5.94. The van der Waals surface area contributed by atoms with E-state index in [0.717, 1.165) is 22.8 Å². The molecule has 2 heterocycles. The second-order valence-electron chi connectivity index (χ2n) is 5.94. The predicted molar refractivity (Wildman–Crippen MR) is 95.7 cm³/mol. The molecule has 130 valence electrons. The van der Waals surface area contributed by atoms with Crippen LogP contribution in [0.5, 0.6) is 5.75 Å². The van der Waals surface area contributed by atoms with Crippen molar-refractivity contribution in [1.82, 2.24) is 19.9 Å². The number of aromatic nitrogens is 3. The molecule has 0 aliphatic rings. The maximum absolute atomic E-state index is 11.9. The largest absolute Gasteiger partial charge is 0.493 e. The highest BCUT2D eigenvalue weighted by Crippen LogP contribution is 2.20. The first-order valence-electron chi connectivity index (χ1n) is 8.39. The van der Waals surface area contributed by atoms with Crippen LogP contribution in [0.4, 0.5) is 0 Å². The van der Waals surface area contributed by atoms with Crippen LogP contribution in [0.3, 0.4) is 0 Å². The smallest absolute Gasteiger partial charge is 0.223 e.